The fourth-order valence-corrected chi connectivity index (χ4v) is 22.9. The number of phosphoric ester groups is 2. The number of methoxy groups -OCH3 is 5. The lowest BCUT2D eigenvalue weighted by Gasteiger charge is -2.34. The second-order valence-corrected chi connectivity index (χ2v) is 44.7. The van der Waals surface area contributed by atoms with Gasteiger partial charge >= 0.3 is 58.9 Å². The first-order valence-corrected chi connectivity index (χ1v) is 55.2. The van der Waals surface area contributed by atoms with Crippen LogP contribution in [0.3, 0.4) is 0 Å². The molecule has 0 radical (unpaired) electrons. The molecule has 0 aromatic carbocycles. The summed E-state index contributed by atoms with van der Waals surface area (Å²) < 4.78 is 193. The third-order valence-electron chi connectivity index (χ3n) is 23.7. The van der Waals surface area contributed by atoms with E-state index < -0.39 is 262 Å². The monoisotopic (exact) mass is 2210 g/mol. The van der Waals surface area contributed by atoms with Crippen LogP contribution < -0.4 is 62.0 Å². The van der Waals surface area contributed by atoms with Crippen LogP contribution in [0.4, 0.5) is 22.4 Å². The van der Waals surface area contributed by atoms with Crippen LogP contribution in [0.25, 0.3) is 22.3 Å². The van der Waals surface area contributed by atoms with Crippen molar-refractivity contribution >= 4 is 117 Å². The van der Waals surface area contributed by atoms with Crippen LogP contribution in [-0.2, 0) is 166 Å². The molecule has 18 N–H and O–H groups in total. The average molecular weight is 2210 g/mol. The Labute approximate surface area is 836 Å². The summed E-state index contributed by atoms with van der Waals surface area (Å²) in [5, 5.41) is 14.4. The highest BCUT2D eigenvalue weighted by atomic mass is 32.5. The van der Waals surface area contributed by atoms with Crippen molar-refractivity contribution in [3.8, 4) is 0 Å². The van der Waals surface area contributed by atoms with Crippen LogP contribution in [0.15, 0.2) is 78.1 Å². The smallest absolute Gasteiger partial charge is 0.387 e. The molecule has 0 aliphatic carbocycles. The van der Waals surface area contributed by atoms with Gasteiger partial charge in [0.15, 0.2) is 53.8 Å². The summed E-state index contributed by atoms with van der Waals surface area (Å²) in [5.74, 6) is -0.578. The molecule has 61 nitrogen and oxygen atoms in total. The molecule has 6 saturated heterocycles. The summed E-state index contributed by atoms with van der Waals surface area (Å²) in [7, 11) is -5.06. The Bertz CT molecular complexity index is 6370. The maximum Gasteiger partial charge on any atom is 0.472 e. The van der Waals surface area contributed by atoms with Crippen molar-refractivity contribution in [1.29, 1.82) is 0 Å². The summed E-state index contributed by atoms with van der Waals surface area (Å²) >= 11 is 17.1. The number of hydrogen-bond acceptors (Lipinski definition) is 49. The number of aromatic nitrogens is 14. The van der Waals surface area contributed by atoms with E-state index in [0.717, 1.165) is 43.6 Å². The van der Waals surface area contributed by atoms with E-state index in [9.17, 15) is 63.1 Å². The molecule has 7 aliphatic heterocycles. The minimum atomic E-state index is -5.93. The summed E-state index contributed by atoms with van der Waals surface area (Å²) in [5.41, 5.74) is 19.3. The standard InChI is InChI=1S/C76H113N20O41P5S3/c1-11-39-40(22-46(127-39)91-23-35(2)59(77)85-73(91)101)133-140(109,143)125-30-44-51(55(118-18-13-113-7)68(129-44)93-25-37(4)64(98)89-75(93)103)135-138(105,106)122-28-42-50(56(119-19-14-114-8)70(131-42)95-33-83-47-61(79)81-32-82-62(47)95)134-139(107,108)123-29-43-52(58(121-21-16-116-10)71(132-43)96-34-84-48-63(96)87-72(80)88-66(48)100)136-142(111,145)126-31-45-53(57(120-20-15-115-9)69(130-45)94-26-38(5)65(99)90-76(94)104)137-141(110,144)124-27-41-49(97)54(117-17-12-112-6)67(128-41)92-24-36(3)60(78)86-74(92)102/h23-26,32-34,39-46,49-58,60,67-71,97H,11-22,27-31,78H2,1-10H3,(H,86,102)(H,105,106)(H,107,108)(H,109,143)(H,110,144)(H,111,145)(H2,77,85,101)(H2,79,81,82)(H,89,98,103)(H,90,99,104)(H3,80,87,88,100)/t39-,40-,41-,42-,43-,44-,45-,46-,49+,50+,51+,52+,53+,54?,55?,56?,57?,58?,60?,67-,68-,69-,70-,71-,140?,141?,142?/m1/s1. The van der Waals surface area contributed by atoms with Gasteiger partial charge in [-0.15, -0.1) is 0 Å². The Morgan fingerprint density at radius 2 is 0.848 bits per heavy atom. The molecule has 14 heterocycles. The lowest BCUT2D eigenvalue weighted by molar-refractivity contribution is -0.0907. The molecule has 7 aliphatic rings. The van der Waals surface area contributed by atoms with Crippen LogP contribution in [0.1, 0.15) is 74.5 Å². The van der Waals surface area contributed by atoms with Gasteiger partial charge in [-0.3, -0.25) is 84.2 Å². The number of carbonyl (C=O) groups is 1. The number of urea groups is 1. The summed E-state index contributed by atoms with van der Waals surface area (Å²) in [6.45, 7) is -14.0. The van der Waals surface area contributed by atoms with Crippen molar-refractivity contribution in [2.45, 2.75) is 195 Å². The van der Waals surface area contributed by atoms with Gasteiger partial charge in [0.1, 0.15) is 122 Å². The number of phosphoric acid groups is 2. The molecule has 14 rings (SSSR count). The topological polar surface area (TPSA) is 784 Å². The predicted octanol–water partition coefficient (Wildman–Crippen LogP) is -2.41. The number of nitrogens with zero attached hydrogens (tertiary/aromatic N) is 12. The lowest BCUT2D eigenvalue weighted by Crippen LogP contribution is -2.57. The molecule has 0 spiro atoms. The first-order chi connectivity index (χ1) is 68.9. The Balaban J connectivity index is 0.763. The number of fused-ring (bicyclic) bond motifs is 2. The first-order valence-electron chi connectivity index (χ1n) is 44.5. The molecule has 0 saturated carbocycles. The summed E-state index contributed by atoms with van der Waals surface area (Å²) in [6, 6.07) is -0.727. The Morgan fingerprint density at radius 1 is 0.441 bits per heavy atom. The van der Waals surface area contributed by atoms with Gasteiger partial charge < -0.3 is 152 Å². The maximum atomic E-state index is 15.5. The number of hydrogen-bond donors (Lipinski definition) is 14. The van der Waals surface area contributed by atoms with Gasteiger partial charge in [-0.1, -0.05) is 6.92 Å². The van der Waals surface area contributed by atoms with E-state index in [1.807, 2.05) is 0 Å². The molecular formula is C76H113N20O41P5S3. The lowest BCUT2D eigenvalue weighted by atomic mass is 10.1. The largest absolute Gasteiger partial charge is 0.472 e. The van der Waals surface area contributed by atoms with Gasteiger partial charge in [-0.2, -0.15) is 9.97 Å². The number of nitrogens with two attached hydrogens (primary N) is 4. The highest BCUT2D eigenvalue weighted by Gasteiger charge is 2.59. The van der Waals surface area contributed by atoms with Gasteiger partial charge in [0, 0.05) is 83.5 Å². The Hall–Kier alpha value is -7.36. The number of aryl methyl sites for hydroxylation is 3. The number of rotatable bonds is 52. The van der Waals surface area contributed by atoms with E-state index in [0.29, 0.717) is 11.1 Å². The molecule has 6 fully saturated rings. The highest BCUT2D eigenvalue weighted by molar-refractivity contribution is 8.07. The van der Waals surface area contributed by atoms with Crippen molar-refractivity contribution in [2.24, 2.45) is 5.73 Å². The zero-order chi connectivity index (χ0) is 105. The molecule has 0 bridgehead atoms. The SMILES string of the molecule is CC[C@H]1O[C@@H](n2cc(C)c(N)nc2=O)C[C@H]1OP(O)(=S)OC[C@H]1O[C@@H](n2cc(C)c(=O)[nH]c2=O)C(OCCOC)[C@H]1OP(=O)(O)OC[C@H]1O[C@@H](n2cnc3c(N)ncnc32)C(OCCOC)[C@H]1OP(=O)(O)OC[C@H]1O[C@@H](n2cnc3c(=O)[nH]c(N)nc32)C(OCCOC)[C@H]1OP(O)(=S)OC[C@H]1O[C@@H](n2cc(C)c(=O)[nH]c2=O)C(OCCOC)[C@H]1OP(O)(=S)OC[C@H]1O[C@@H](N2C=C(C)C(N)NC2=O)C(OCCOC)[C@H]1O. The molecule has 7 aromatic rings. The minimum Gasteiger partial charge on any atom is -0.387 e. The van der Waals surface area contributed by atoms with Gasteiger partial charge in [-0.05, 0) is 75.1 Å². The summed E-state index contributed by atoms with van der Waals surface area (Å²) in [6.07, 6.45) is -29.4. The fraction of sp³-hybridized carbons (Fsp3) is 0.671. The number of amides is 2. The molecule has 145 heavy (non-hydrogen) atoms. The van der Waals surface area contributed by atoms with Crippen LogP contribution in [0, 0.1) is 20.8 Å². The van der Waals surface area contributed by atoms with E-state index in [1.54, 1.807) is 20.8 Å². The number of aliphatic hydroxyl groups excluding tert-OH is 1. The molecule has 29 atom stereocenters. The van der Waals surface area contributed by atoms with Crippen LogP contribution in [0.5, 0.6) is 0 Å². The zero-order valence-electron chi connectivity index (χ0n) is 79.0. The molecule has 7 aromatic heterocycles. The van der Waals surface area contributed by atoms with Crippen molar-refractivity contribution in [3.63, 3.8) is 0 Å². The van der Waals surface area contributed by atoms with Gasteiger partial charge in [0.05, 0.1) is 124 Å². The first kappa shape index (κ1) is 113. The van der Waals surface area contributed by atoms with Gasteiger partial charge in [0.2, 0.25) is 5.95 Å². The molecule has 806 valence electrons. The van der Waals surface area contributed by atoms with E-state index in [-0.39, 0.29) is 124 Å². The second-order valence-electron chi connectivity index (χ2n) is 33.5. The predicted molar refractivity (Wildman–Crippen MR) is 505 cm³/mol. The normalized spacial score (nSPS) is 30.3. The number of H-pyrrole nitrogens is 3. The number of nitrogen functional groups attached to an aromatic ring is 3. The molecule has 2 amide bonds. The maximum absolute atomic E-state index is 15.5. The number of carbonyl (C=O) groups excluding carboxylic acids is 1. The Kier molecular flexibility index (Phi) is 38.2. The van der Waals surface area contributed by atoms with Crippen molar-refractivity contribution in [1.82, 2.24) is 77.9 Å². The number of aliphatic hydroxyl groups is 1. The van der Waals surface area contributed by atoms with E-state index in [4.69, 9.17) is 179 Å². The number of ether oxygens (including phenoxy) is 16. The van der Waals surface area contributed by atoms with Crippen LogP contribution >= 0.6 is 35.8 Å². The van der Waals surface area contributed by atoms with Crippen molar-refractivity contribution < 1.29 is 165 Å². The third kappa shape index (κ3) is 27.0. The minimum absolute atomic E-state index is 0.00472. The van der Waals surface area contributed by atoms with E-state index in [1.165, 1.54) is 77.3 Å². The highest BCUT2D eigenvalue weighted by Crippen LogP contribution is 2.58. The van der Waals surface area contributed by atoms with E-state index >= 15 is 9.13 Å². The molecule has 69 heteroatoms. The van der Waals surface area contributed by atoms with Crippen molar-refractivity contribution in [2.75, 3.05) is 152 Å². The van der Waals surface area contributed by atoms with Gasteiger partial charge in [0.25, 0.3) is 16.7 Å². The van der Waals surface area contributed by atoms with Gasteiger partial charge in [-0.25, -0.2) is 48.2 Å². The zero-order valence-corrected chi connectivity index (χ0v) is 85.9. The quantitative estimate of drug-likeness (QED) is 0.0140. The van der Waals surface area contributed by atoms with Crippen LogP contribution in [0.2, 0.25) is 0 Å². The number of aromatic amines is 3. The summed E-state index contributed by atoms with van der Waals surface area (Å²) in [4.78, 5) is 188. The molecular weight excluding hydrogens is 2100 g/mol. The Morgan fingerprint density at radius 3 is 1.31 bits per heavy atom. The van der Waals surface area contributed by atoms with Crippen LogP contribution in [-0.4, -0.2) is 359 Å². The fourth-order valence-electron chi connectivity index (χ4n) is 16.6. The number of nitrogens with one attached hydrogen (secondary N) is 4. The third-order valence-corrected chi connectivity index (χ3v) is 30.3. The number of imidazole rings is 2. The number of anilines is 3. The van der Waals surface area contributed by atoms with E-state index in [2.05, 4.69) is 50.2 Å². The molecule has 11 unspecified atom stereocenters. The average Bonchev–Trinajstić information content (AvgIpc) is 1.60. The second kappa shape index (κ2) is 48.9. The van der Waals surface area contributed by atoms with Crippen molar-refractivity contribution in [3.05, 3.63) is 129 Å².